The van der Waals surface area contributed by atoms with Crippen LogP contribution in [-0.2, 0) is 10.0 Å². The molecule has 0 bridgehead atoms. The van der Waals surface area contributed by atoms with Gasteiger partial charge in [0.2, 0.25) is 10.0 Å². The van der Waals surface area contributed by atoms with E-state index in [0.29, 0.717) is 17.2 Å². The first-order chi connectivity index (χ1) is 14.8. The van der Waals surface area contributed by atoms with E-state index in [4.69, 9.17) is 0 Å². The molecule has 1 saturated heterocycles. The molecule has 2 N–H and O–H groups in total. The average Bonchev–Trinajstić information content (AvgIpc) is 2.78. The van der Waals surface area contributed by atoms with Gasteiger partial charge >= 0.3 is 0 Å². The lowest BCUT2D eigenvalue weighted by molar-refractivity contribution is 0.102. The highest BCUT2D eigenvalue weighted by Crippen LogP contribution is 2.30. The smallest absolute Gasteiger partial charge is 0.257 e. The van der Waals surface area contributed by atoms with Crippen molar-refractivity contribution in [3.8, 4) is 0 Å². The normalized spacial score (nSPS) is 14.8. The Hall–Kier alpha value is -2.42. The molecule has 1 heterocycles. The molecule has 164 valence electrons. The van der Waals surface area contributed by atoms with Crippen LogP contribution in [0.2, 0.25) is 0 Å². The Morgan fingerprint density at radius 2 is 1.90 bits per heavy atom. The minimum atomic E-state index is -3.68. The van der Waals surface area contributed by atoms with E-state index in [2.05, 4.69) is 44.0 Å². The van der Waals surface area contributed by atoms with Gasteiger partial charge in [0.15, 0.2) is 0 Å². The number of carbonyl (C=O) groups is 1. The number of nitrogens with zero attached hydrogens (tertiary/aromatic N) is 1. The van der Waals surface area contributed by atoms with E-state index >= 15 is 0 Å². The standard InChI is InChI=1S/C23H26BrN3O3S/c1-3-12-25-31(29,30)20-7-5-6-19(16-20)26-23(28)21-9-8-18(24)15-22(21)27-13-10-17(4-2)11-14-27/h3-9,15-17,25H,1-2,10-14H2,(H,26,28). The summed E-state index contributed by atoms with van der Waals surface area (Å²) < 4.78 is 28.0. The van der Waals surface area contributed by atoms with E-state index in [1.54, 1.807) is 18.2 Å². The van der Waals surface area contributed by atoms with Gasteiger partial charge in [-0.25, -0.2) is 13.1 Å². The highest BCUT2D eigenvalue weighted by atomic mass is 79.9. The van der Waals surface area contributed by atoms with Gasteiger partial charge in [-0.05, 0) is 55.2 Å². The maximum atomic E-state index is 13.1. The van der Waals surface area contributed by atoms with Crippen LogP contribution in [0.25, 0.3) is 0 Å². The van der Waals surface area contributed by atoms with Crippen LogP contribution in [0.5, 0.6) is 0 Å². The molecular weight excluding hydrogens is 478 g/mol. The van der Waals surface area contributed by atoms with Gasteiger partial charge < -0.3 is 10.2 Å². The third-order valence-corrected chi connectivity index (χ3v) is 7.15. The molecule has 8 heteroatoms. The predicted octanol–water partition coefficient (Wildman–Crippen LogP) is 4.57. The number of sulfonamides is 1. The number of rotatable bonds is 8. The molecule has 0 saturated carbocycles. The molecule has 0 spiro atoms. The van der Waals surface area contributed by atoms with Gasteiger partial charge in [0.25, 0.3) is 5.91 Å². The molecule has 31 heavy (non-hydrogen) atoms. The Morgan fingerprint density at radius 3 is 2.58 bits per heavy atom. The minimum absolute atomic E-state index is 0.0784. The van der Waals surface area contributed by atoms with Gasteiger partial charge in [-0.1, -0.05) is 34.1 Å². The summed E-state index contributed by atoms with van der Waals surface area (Å²) in [5, 5.41) is 2.84. The van der Waals surface area contributed by atoms with E-state index in [0.717, 1.165) is 36.1 Å². The number of anilines is 2. The molecule has 0 aliphatic carbocycles. The summed E-state index contributed by atoms with van der Waals surface area (Å²) in [6, 6.07) is 11.7. The molecule has 1 aliphatic rings. The van der Waals surface area contributed by atoms with Gasteiger partial charge in [-0.15, -0.1) is 13.2 Å². The monoisotopic (exact) mass is 503 g/mol. The fraction of sp³-hybridized carbons (Fsp3) is 0.261. The molecule has 6 nitrogen and oxygen atoms in total. The lowest BCUT2D eigenvalue weighted by Crippen LogP contribution is -2.34. The average molecular weight is 504 g/mol. The topological polar surface area (TPSA) is 78.5 Å². The molecule has 0 atom stereocenters. The van der Waals surface area contributed by atoms with Gasteiger partial charge in [-0.3, -0.25) is 4.79 Å². The Balaban J connectivity index is 1.82. The van der Waals surface area contributed by atoms with Crippen molar-refractivity contribution in [3.63, 3.8) is 0 Å². The summed E-state index contributed by atoms with van der Waals surface area (Å²) in [4.78, 5) is 15.4. The van der Waals surface area contributed by atoms with Gasteiger partial charge in [0.05, 0.1) is 16.1 Å². The molecule has 1 aliphatic heterocycles. The summed E-state index contributed by atoms with van der Waals surface area (Å²) in [5.41, 5.74) is 1.80. The van der Waals surface area contributed by atoms with Crippen molar-refractivity contribution in [3.05, 3.63) is 77.8 Å². The number of amides is 1. The zero-order chi connectivity index (χ0) is 22.4. The third-order valence-electron chi connectivity index (χ3n) is 5.24. The Morgan fingerprint density at radius 1 is 1.16 bits per heavy atom. The van der Waals surface area contributed by atoms with Crippen molar-refractivity contribution in [2.45, 2.75) is 17.7 Å². The summed E-state index contributed by atoms with van der Waals surface area (Å²) in [6.45, 7) is 9.22. The van der Waals surface area contributed by atoms with E-state index in [1.165, 1.54) is 18.2 Å². The summed E-state index contributed by atoms with van der Waals surface area (Å²) in [5.74, 6) is 0.210. The van der Waals surface area contributed by atoms with E-state index < -0.39 is 10.0 Å². The first-order valence-corrected chi connectivity index (χ1v) is 12.3. The molecule has 1 amide bonds. The van der Waals surface area contributed by atoms with Crippen molar-refractivity contribution in [2.24, 2.45) is 5.92 Å². The van der Waals surface area contributed by atoms with Crippen LogP contribution in [0, 0.1) is 5.92 Å². The first kappa shape index (κ1) is 23.2. The Labute approximate surface area is 192 Å². The summed E-state index contributed by atoms with van der Waals surface area (Å²) >= 11 is 3.50. The number of benzene rings is 2. The second-order valence-electron chi connectivity index (χ2n) is 7.34. The van der Waals surface area contributed by atoms with Gasteiger partial charge in [0, 0.05) is 29.8 Å². The fourth-order valence-electron chi connectivity index (χ4n) is 3.53. The van der Waals surface area contributed by atoms with Crippen LogP contribution in [0.3, 0.4) is 0 Å². The Bertz CT molecular complexity index is 1080. The zero-order valence-corrected chi connectivity index (χ0v) is 19.6. The largest absolute Gasteiger partial charge is 0.371 e. The third kappa shape index (κ3) is 5.84. The predicted molar refractivity (Wildman–Crippen MR) is 129 cm³/mol. The second-order valence-corrected chi connectivity index (χ2v) is 10.0. The van der Waals surface area contributed by atoms with E-state index in [-0.39, 0.29) is 17.3 Å². The van der Waals surface area contributed by atoms with Crippen molar-refractivity contribution in [2.75, 3.05) is 29.9 Å². The van der Waals surface area contributed by atoms with Crippen LogP contribution in [0.4, 0.5) is 11.4 Å². The lowest BCUT2D eigenvalue weighted by atomic mass is 9.96. The van der Waals surface area contributed by atoms with Crippen molar-refractivity contribution >= 4 is 43.2 Å². The zero-order valence-electron chi connectivity index (χ0n) is 17.2. The highest BCUT2D eigenvalue weighted by molar-refractivity contribution is 9.10. The van der Waals surface area contributed by atoms with Crippen LogP contribution in [0.1, 0.15) is 23.2 Å². The molecular formula is C23H26BrN3O3S. The van der Waals surface area contributed by atoms with Gasteiger partial charge in [0.1, 0.15) is 0 Å². The molecule has 2 aromatic rings. The van der Waals surface area contributed by atoms with Crippen molar-refractivity contribution in [1.29, 1.82) is 0 Å². The van der Waals surface area contributed by atoms with Crippen LogP contribution < -0.4 is 14.9 Å². The molecule has 0 radical (unpaired) electrons. The fourth-order valence-corrected chi connectivity index (χ4v) is 4.92. The summed E-state index contributed by atoms with van der Waals surface area (Å²) in [6.07, 6.45) is 5.45. The number of halogens is 1. The van der Waals surface area contributed by atoms with Crippen LogP contribution in [0.15, 0.2) is 77.1 Å². The summed E-state index contributed by atoms with van der Waals surface area (Å²) in [7, 11) is -3.68. The molecule has 0 unspecified atom stereocenters. The highest BCUT2D eigenvalue weighted by Gasteiger charge is 2.22. The first-order valence-electron chi connectivity index (χ1n) is 10.0. The van der Waals surface area contributed by atoms with Crippen molar-refractivity contribution in [1.82, 2.24) is 4.72 Å². The lowest BCUT2D eigenvalue weighted by Gasteiger charge is -2.33. The Kier molecular flexibility index (Phi) is 7.69. The number of hydrogen-bond donors (Lipinski definition) is 2. The van der Waals surface area contributed by atoms with Crippen LogP contribution >= 0.6 is 15.9 Å². The number of piperidine rings is 1. The number of hydrogen-bond acceptors (Lipinski definition) is 4. The van der Waals surface area contributed by atoms with Gasteiger partial charge in [-0.2, -0.15) is 0 Å². The molecule has 1 fully saturated rings. The quantitative estimate of drug-likeness (QED) is 0.517. The van der Waals surface area contributed by atoms with E-state index in [9.17, 15) is 13.2 Å². The number of carbonyl (C=O) groups excluding carboxylic acids is 1. The molecule has 3 rings (SSSR count). The molecule has 0 aromatic heterocycles. The van der Waals surface area contributed by atoms with E-state index in [1.807, 2.05) is 18.2 Å². The van der Waals surface area contributed by atoms with Crippen molar-refractivity contribution < 1.29 is 13.2 Å². The maximum absolute atomic E-state index is 13.1. The minimum Gasteiger partial charge on any atom is -0.371 e. The van der Waals surface area contributed by atoms with Crippen LogP contribution in [-0.4, -0.2) is 34.0 Å². The number of allylic oxidation sites excluding steroid dienone is 1. The number of nitrogens with one attached hydrogen (secondary N) is 2. The maximum Gasteiger partial charge on any atom is 0.257 e. The second kappa shape index (κ2) is 10.3. The molecule has 2 aromatic carbocycles. The SMILES string of the molecule is C=CCNS(=O)(=O)c1cccc(NC(=O)c2ccc(Br)cc2N2CCC(C=C)CC2)c1.